The molecule has 0 aromatic carbocycles. The Hall–Kier alpha value is -1.40. The maximum atomic E-state index is 14.0. The average molecular weight is 293 g/mol. The monoisotopic (exact) mass is 293 g/mol. The van der Waals surface area contributed by atoms with Crippen molar-refractivity contribution in [2.24, 2.45) is 5.41 Å². The first-order valence-electron chi connectivity index (χ1n) is 6.37. The SMILES string of the molecule is COC(=O)[C@]1(C)CN(C(=O)OC(C)(C)C)CCC1(F)F. The van der Waals surface area contributed by atoms with Crippen LogP contribution in [-0.2, 0) is 14.3 Å². The van der Waals surface area contributed by atoms with Crippen LogP contribution in [0, 0.1) is 5.41 Å². The maximum absolute atomic E-state index is 14.0. The van der Waals surface area contributed by atoms with Crippen LogP contribution in [0.4, 0.5) is 13.6 Å². The predicted molar refractivity (Wildman–Crippen MR) is 67.5 cm³/mol. The first-order valence-corrected chi connectivity index (χ1v) is 6.37. The van der Waals surface area contributed by atoms with Crippen LogP contribution in [-0.4, -0.2) is 48.7 Å². The van der Waals surface area contributed by atoms with Gasteiger partial charge >= 0.3 is 12.1 Å². The van der Waals surface area contributed by atoms with Gasteiger partial charge in [0.05, 0.1) is 7.11 Å². The van der Waals surface area contributed by atoms with Gasteiger partial charge in [-0.3, -0.25) is 4.79 Å². The number of methoxy groups -OCH3 is 1. The molecule has 116 valence electrons. The normalized spacial score (nSPS) is 26.1. The molecular weight excluding hydrogens is 272 g/mol. The van der Waals surface area contributed by atoms with Crippen LogP contribution in [0.2, 0.25) is 0 Å². The van der Waals surface area contributed by atoms with Crippen LogP contribution in [0.5, 0.6) is 0 Å². The lowest BCUT2D eigenvalue weighted by Gasteiger charge is -2.43. The number of likely N-dealkylation sites (tertiary alicyclic amines) is 1. The lowest BCUT2D eigenvalue weighted by Crippen LogP contribution is -2.60. The standard InChI is InChI=1S/C13H21F2NO4/c1-11(2,3)20-10(18)16-7-6-13(14,15)12(4,8-16)9(17)19-5/h6-8H2,1-5H3/t12-/m0/s1. The molecule has 1 fully saturated rings. The first-order chi connectivity index (χ1) is 8.93. The number of esters is 1. The summed E-state index contributed by atoms with van der Waals surface area (Å²) < 4.78 is 37.6. The van der Waals surface area contributed by atoms with Crippen LogP contribution in [0.25, 0.3) is 0 Å². The number of halogens is 2. The van der Waals surface area contributed by atoms with E-state index in [9.17, 15) is 18.4 Å². The van der Waals surface area contributed by atoms with Gasteiger partial charge in [-0.1, -0.05) is 0 Å². The van der Waals surface area contributed by atoms with E-state index >= 15 is 0 Å². The molecule has 0 aromatic heterocycles. The molecule has 5 nitrogen and oxygen atoms in total. The topological polar surface area (TPSA) is 55.8 Å². The van der Waals surface area contributed by atoms with E-state index in [1.54, 1.807) is 20.8 Å². The molecule has 1 aliphatic heterocycles. The van der Waals surface area contributed by atoms with Gasteiger partial charge in [-0.25, -0.2) is 13.6 Å². The molecule has 20 heavy (non-hydrogen) atoms. The first kappa shape index (κ1) is 16.7. The molecule has 1 rings (SSSR count). The summed E-state index contributed by atoms with van der Waals surface area (Å²) in [6, 6.07) is 0. The van der Waals surface area contributed by atoms with Gasteiger partial charge in [0.1, 0.15) is 11.0 Å². The molecule has 0 spiro atoms. The Labute approximate surface area is 117 Å². The summed E-state index contributed by atoms with van der Waals surface area (Å²) in [6.07, 6.45) is -1.30. The number of hydrogen-bond acceptors (Lipinski definition) is 4. The van der Waals surface area contributed by atoms with Crippen LogP contribution in [0.15, 0.2) is 0 Å². The van der Waals surface area contributed by atoms with Crippen LogP contribution in [0.3, 0.4) is 0 Å². The number of carbonyl (C=O) groups excluding carboxylic acids is 2. The second kappa shape index (κ2) is 5.18. The fourth-order valence-corrected chi connectivity index (χ4v) is 2.05. The van der Waals surface area contributed by atoms with Crippen molar-refractivity contribution in [2.45, 2.75) is 45.6 Å². The predicted octanol–water partition coefficient (Wildman–Crippen LogP) is 2.44. The number of piperidine rings is 1. The summed E-state index contributed by atoms with van der Waals surface area (Å²) in [4.78, 5) is 24.7. The molecule has 1 heterocycles. The van der Waals surface area contributed by atoms with E-state index < -0.39 is 42.0 Å². The lowest BCUT2D eigenvalue weighted by atomic mass is 9.78. The summed E-state index contributed by atoms with van der Waals surface area (Å²) in [5.74, 6) is -4.26. The fourth-order valence-electron chi connectivity index (χ4n) is 2.05. The zero-order valence-corrected chi connectivity index (χ0v) is 12.5. The highest BCUT2D eigenvalue weighted by molar-refractivity contribution is 5.79. The van der Waals surface area contributed by atoms with Crippen LogP contribution >= 0.6 is 0 Å². The van der Waals surface area contributed by atoms with E-state index in [0.717, 1.165) is 18.9 Å². The number of nitrogens with zero attached hydrogens (tertiary/aromatic N) is 1. The highest BCUT2D eigenvalue weighted by Crippen LogP contribution is 2.44. The van der Waals surface area contributed by atoms with E-state index in [1.165, 1.54) is 0 Å². The summed E-state index contributed by atoms with van der Waals surface area (Å²) in [5.41, 5.74) is -2.78. The van der Waals surface area contributed by atoms with Gasteiger partial charge < -0.3 is 14.4 Å². The number of rotatable bonds is 1. The summed E-state index contributed by atoms with van der Waals surface area (Å²) in [6.45, 7) is 5.57. The minimum absolute atomic E-state index is 0.158. The Morgan fingerprint density at radius 1 is 1.25 bits per heavy atom. The van der Waals surface area contributed by atoms with Gasteiger partial charge in [-0.05, 0) is 27.7 Å². The molecule has 1 saturated heterocycles. The summed E-state index contributed by atoms with van der Waals surface area (Å²) in [7, 11) is 1.05. The molecule has 0 bridgehead atoms. The van der Waals surface area contributed by atoms with E-state index in [4.69, 9.17) is 4.74 Å². The Morgan fingerprint density at radius 3 is 2.25 bits per heavy atom. The fraction of sp³-hybridized carbons (Fsp3) is 0.846. The van der Waals surface area contributed by atoms with Gasteiger partial charge in [-0.2, -0.15) is 0 Å². The summed E-state index contributed by atoms with van der Waals surface area (Å²) >= 11 is 0. The van der Waals surface area contributed by atoms with Crippen molar-refractivity contribution >= 4 is 12.1 Å². The van der Waals surface area contributed by atoms with Crippen molar-refractivity contribution in [1.29, 1.82) is 0 Å². The largest absolute Gasteiger partial charge is 0.468 e. The zero-order chi connectivity index (χ0) is 15.8. The van der Waals surface area contributed by atoms with Gasteiger partial charge in [0.2, 0.25) is 0 Å². The molecule has 0 aromatic rings. The molecule has 1 atom stereocenters. The maximum Gasteiger partial charge on any atom is 0.410 e. The molecule has 0 N–H and O–H groups in total. The molecule has 0 aliphatic carbocycles. The minimum Gasteiger partial charge on any atom is -0.468 e. The quantitative estimate of drug-likeness (QED) is 0.697. The van der Waals surface area contributed by atoms with Crippen molar-refractivity contribution in [3.8, 4) is 0 Å². The van der Waals surface area contributed by atoms with Crippen LogP contribution < -0.4 is 0 Å². The van der Waals surface area contributed by atoms with Crippen molar-refractivity contribution in [1.82, 2.24) is 4.90 Å². The number of ether oxygens (including phenoxy) is 2. The van der Waals surface area contributed by atoms with Gasteiger partial charge in [0, 0.05) is 19.5 Å². The third-order valence-corrected chi connectivity index (χ3v) is 3.30. The summed E-state index contributed by atoms with van der Waals surface area (Å²) in [5, 5.41) is 0. The van der Waals surface area contributed by atoms with Gasteiger partial charge in [0.25, 0.3) is 5.92 Å². The molecule has 1 amide bonds. The second-order valence-corrected chi connectivity index (χ2v) is 6.18. The number of amides is 1. The van der Waals surface area contributed by atoms with Crippen molar-refractivity contribution in [3.63, 3.8) is 0 Å². The van der Waals surface area contributed by atoms with Crippen molar-refractivity contribution in [2.75, 3.05) is 20.2 Å². The Kier molecular flexibility index (Phi) is 4.31. The van der Waals surface area contributed by atoms with E-state index in [1.807, 2.05) is 0 Å². The number of alkyl halides is 2. The van der Waals surface area contributed by atoms with E-state index in [2.05, 4.69) is 4.74 Å². The molecule has 1 aliphatic rings. The molecular formula is C13H21F2NO4. The molecule has 7 heteroatoms. The number of carbonyl (C=O) groups is 2. The Morgan fingerprint density at radius 2 is 1.80 bits per heavy atom. The van der Waals surface area contributed by atoms with Crippen molar-refractivity contribution in [3.05, 3.63) is 0 Å². The molecule has 0 unspecified atom stereocenters. The third-order valence-electron chi connectivity index (χ3n) is 3.30. The molecule has 0 radical (unpaired) electrons. The second-order valence-electron chi connectivity index (χ2n) is 6.18. The van der Waals surface area contributed by atoms with Gasteiger partial charge in [-0.15, -0.1) is 0 Å². The van der Waals surface area contributed by atoms with E-state index in [-0.39, 0.29) is 6.54 Å². The third kappa shape index (κ3) is 3.19. The smallest absolute Gasteiger partial charge is 0.410 e. The Balaban J connectivity index is 2.92. The van der Waals surface area contributed by atoms with E-state index in [0.29, 0.717) is 0 Å². The highest BCUT2D eigenvalue weighted by atomic mass is 19.3. The lowest BCUT2D eigenvalue weighted by molar-refractivity contribution is -0.193. The Bertz CT molecular complexity index is 406. The van der Waals surface area contributed by atoms with Gasteiger partial charge in [0.15, 0.2) is 0 Å². The molecule has 0 saturated carbocycles. The average Bonchev–Trinajstić information content (AvgIpc) is 2.29. The zero-order valence-electron chi connectivity index (χ0n) is 12.5. The van der Waals surface area contributed by atoms with Crippen molar-refractivity contribution < 1.29 is 27.8 Å². The number of hydrogen-bond donors (Lipinski definition) is 0. The van der Waals surface area contributed by atoms with Crippen LogP contribution in [0.1, 0.15) is 34.1 Å². The highest BCUT2D eigenvalue weighted by Gasteiger charge is 2.60. The minimum atomic E-state index is -3.22.